The van der Waals surface area contributed by atoms with Gasteiger partial charge in [0.15, 0.2) is 0 Å². The van der Waals surface area contributed by atoms with E-state index in [2.05, 4.69) is 37.7 Å². The highest BCUT2D eigenvalue weighted by atomic mass is 15.1. The maximum atomic E-state index is 2.38. The van der Waals surface area contributed by atoms with Crippen molar-refractivity contribution >= 4 is 0 Å². The van der Waals surface area contributed by atoms with Gasteiger partial charge in [0, 0.05) is 0 Å². The zero-order valence-electron chi connectivity index (χ0n) is 9.84. The Labute approximate surface area is 83.9 Å². The lowest BCUT2D eigenvalue weighted by molar-refractivity contribution is 0.318. The van der Waals surface area contributed by atoms with E-state index in [4.69, 9.17) is 0 Å². The van der Waals surface area contributed by atoms with Crippen molar-refractivity contribution in [3.05, 3.63) is 0 Å². The molecule has 0 saturated carbocycles. The first-order chi connectivity index (χ1) is 6.20. The first kappa shape index (κ1) is 12.9. The monoisotopic (exact) mass is 186 g/mol. The maximum absolute atomic E-state index is 2.38. The molecule has 2 nitrogen and oxygen atoms in total. The van der Waals surface area contributed by atoms with Crippen LogP contribution in [-0.2, 0) is 0 Å². The molecule has 0 aromatic heterocycles. The molecule has 0 aliphatic carbocycles. The van der Waals surface area contributed by atoms with E-state index in [1.807, 2.05) is 0 Å². The molecule has 0 aromatic rings. The van der Waals surface area contributed by atoms with Crippen LogP contribution in [-0.4, -0.2) is 50.1 Å². The highest BCUT2D eigenvalue weighted by molar-refractivity contribution is 4.52. The van der Waals surface area contributed by atoms with Gasteiger partial charge in [0.1, 0.15) is 0 Å². The first-order valence-corrected chi connectivity index (χ1v) is 5.57. The average Bonchev–Trinajstić information content (AvgIpc) is 2.16. The molecule has 0 amide bonds. The fourth-order valence-electron chi connectivity index (χ4n) is 1.26. The fourth-order valence-corrected chi connectivity index (χ4v) is 1.26. The maximum Gasteiger partial charge on any atom is -0.00219 e. The molecule has 0 unspecified atom stereocenters. The van der Waals surface area contributed by atoms with Crippen LogP contribution in [0.4, 0.5) is 0 Å². The number of hydrogen-bond acceptors (Lipinski definition) is 2. The van der Waals surface area contributed by atoms with Crippen molar-refractivity contribution in [2.75, 3.05) is 40.3 Å². The lowest BCUT2D eigenvalue weighted by Gasteiger charge is -2.15. The van der Waals surface area contributed by atoms with Crippen LogP contribution in [0.25, 0.3) is 0 Å². The largest absolute Gasteiger partial charge is 0.307 e. The van der Waals surface area contributed by atoms with Gasteiger partial charge in [-0.25, -0.2) is 0 Å². The van der Waals surface area contributed by atoms with Crippen molar-refractivity contribution in [1.29, 1.82) is 0 Å². The van der Waals surface area contributed by atoms with Gasteiger partial charge in [0.25, 0.3) is 0 Å². The highest BCUT2D eigenvalue weighted by Gasteiger charge is 1.96. The van der Waals surface area contributed by atoms with Crippen molar-refractivity contribution in [2.24, 2.45) is 0 Å². The van der Waals surface area contributed by atoms with E-state index in [1.54, 1.807) is 0 Å². The second-order valence-corrected chi connectivity index (χ2v) is 3.85. The van der Waals surface area contributed by atoms with E-state index in [1.165, 1.54) is 45.4 Å². The molecule has 0 atom stereocenters. The summed E-state index contributed by atoms with van der Waals surface area (Å²) in [6.45, 7) is 9.29. The molecule has 0 saturated heterocycles. The Kier molecular flexibility index (Phi) is 8.46. The summed E-state index contributed by atoms with van der Waals surface area (Å²) in [4.78, 5) is 4.76. The van der Waals surface area contributed by atoms with Crippen molar-refractivity contribution in [2.45, 2.75) is 33.1 Å². The third-order valence-corrected chi connectivity index (χ3v) is 2.66. The van der Waals surface area contributed by atoms with Gasteiger partial charge in [-0.3, -0.25) is 0 Å². The lowest BCUT2D eigenvalue weighted by atomic mass is 10.2. The zero-order valence-corrected chi connectivity index (χ0v) is 9.84. The number of unbranched alkanes of at least 4 members (excludes halogenated alkanes) is 2. The minimum absolute atomic E-state index is 1.18. The summed E-state index contributed by atoms with van der Waals surface area (Å²) in [7, 11) is 4.39. The Morgan fingerprint density at radius 2 is 1.08 bits per heavy atom. The molecule has 0 heterocycles. The molecule has 0 fully saturated rings. The lowest BCUT2D eigenvalue weighted by Crippen LogP contribution is -2.20. The summed E-state index contributed by atoms with van der Waals surface area (Å²) in [6, 6.07) is 0. The molecule has 0 spiro atoms. The third-order valence-electron chi connectivity index (χ3n) is 2.66. The number of hydrogen-bond donors (Lipinski definition) is 0. The molecule has 0 aliphatic rings. The van der Waals surface area contributed by atoms with E-state index in [0.29, 0.717) is 0 Å². The van der Waals surface area contributed by atoms with Crippen LogP contribution in [0.3, 0.4) is 0 Å². The minimum atomic E-state index is 1.18. The smallest absolute Gasteiger partial charge is 0.00219 e. The van der Waals surface area contributed by atoms with Crippen LogP contribution in [0.1, 0.15) is 33.1 Å². The van der Waals surface area contributed by atoms with Crippen molar-refractivity contribution in [1.82, 2.24) is 9.80 Å². The second kappa shape index (κ2) is 8.52. The van der Waals surface area contributed by atoms with Crippen LogP contribution in [0.2, 0.25) is 0 Å². The van der Waals surface area contributed by atoms with Gasteiger partial charge in [0.05, 0.1) is 0 Å². The van der Waals surface area contributed by atoms with E-state index in [-0.39, 0.29) is 0 Å². The average molecular weight is 186 g/mol. The summed E-state index contributed by atoms with van der Waals surface area (Å²) in [5, 5.41) is 0. The van der Waals surface area contributed by atoms with Crippen LogP contribution in [0.15, 0.2) is 0 Å². The zero-order chi connectivity index (χ0) is 10.1. The fraction of sp³-hybridized carbons (Fsp3) is 1.00. The molecular weight excluding hydrogens is 160 g/mol. The van der Waals surface area contributed by atoms with Gasteiger partial charge in [-0.05, 0) is 53.1 Å². The van der Waals surface area contributed by atoms with E-state index >= 15 is 0 Å². The third kappa shape index (κ3) is 8.26. The van der Waals surface area contributed by atoms with Gasteiger partial charge < -0.3 is 9.80 Å². The molecule has 0 aliphatic heterocycles. The Balaban J connectivity index is 3.08. The summed E-state index contributed by atoms with van der Waals surface area (Å²) < 4.78 is 0. The summed E-state index contributed by atoms with van der Waals surface area (Å²) in [6.07, 6.45) is 4.07. The Bertz CT molecular complexity index is 92.3. The summed E-state index contributed by atoms with van der Waals surface area (Å²) in [5.74, 6) is 0. The first-order valence-electron chi connectivity index (χ1n) is 5.57. The van der Waals surface area contributed by atoms with Gasteiger partial charge >= 0.3 is 0 Å². The van der Waals surface area contributed by atoms with Gasteiger partial charge in [-0.2, -0.15) is 0 Å². The van der Waals surface area contributed by atoms with Crippen LogP contribution >= 0.6 is 0 Å². The SMILES string of the molecule is CCN(C)CCCCCN(C)CC. The Hall–Kier alpha value is -0.0800. The normalized spacial score (nSPS) is 11.5. The molecule has 2 heteroatoms. The summed E-state index contributed by atoms with van der Waals surface area (Å²) >= 11 is 0. The molecule has 0 rings (SSSR count). The Morgan fingerprint density at radius 3 is 1.38 bits per heavy atom. The van der Waals surface area contributed by atoms with Gasteiger partial charge in [0.2, 0.25) is 0 Å². The molecule has 0 N–H and O–H groups in total. The van der Waals surface area contributed by atoms with Crippen LogP contribution in [0.5, 0.6) is 0 Å². The molecule has 0 radical (unpaired) electrons. The van der Waals surface area contributed by atoms with Gasteiger partial charge in [-0.1, -0.05) is 20.3 Å². The van der Waals surface area contributed by atoms with E-state index < -0.39 is 0 Å². The predicted molar refractivity (Wildman–Crippen MR) is 60.2 cm³/mol. The predicted octanol–water partition coefficient (Wildman–Crippen LogP) is 2.06. The quantitative estimate of drug-likeness (QED) is 0.535. The standard InChI is InChI=1S/C11H26N2/c1-5-12(3)10-8-7-9-11-13(4)6-2/h5-11H2,1-4H3. The summed E-state index contributed by atoms with van der Waals surface area (Å²) in [5.41, 5.74) is 0. The minimum Gasteiger partial charge on any atom is -0.307 e. The van der Waals surface area contributed by atoms with E-state index in [0.717, 1.165) is 0 Å². The number of rotatable bonds is 8. The van der Waals surface area contributed by atoms with Crippen LogP contribution < -0.4 is 0 Å². The van der Waals surface area contributed by atoms with Gasteiger partial charge in [-0.15, -0.1) is 0 Å². The number of nitrogens with zero attached hydrogens (tertiary/aromatic N) is 2. The van der Waals surface area contributed by atoms with Crippen molar-refractivity contribution in [3.8, 4) is 0 Å². The Morgan fingerprint density at radius 1 is 0.692 bits per heavy atom. The molecular formula is C11H26N2. The molecule has 0 bridgehead atoms. The van der Waals surface area contributed by atoms with E-state index in [9.17, 15) is 0 Å². The highest BCUT2D eigenvalue weighted by Crippen LogP contribution is 1.98. The second-order valence-electron chi connectivity index (χ2n) is 3.85. The van der Waals surface area contributed by atoms with Crippen molar-refractivity contribution in [3.63, 3.8) is 0 Å². The van der Waals surface area contributed by atoms with Crippen molar-refractivity contribution < 1.29 is 0 Å². The molecule has 0 aromatic carbocycles. The molecule has 80 valence electrons. The van der Waals surface area contributed by atoms with Crippen LogP contribution in [0, 0.1) is 0 Å². The molecule has 13 heavy (non-hydrogen) atoms. The topological polar surface area (TPSA) is 6.48 Å².